The molecular weight excluding hydrogens is 1880 g/mol. The van der Waals surface area contributed by atoms with Gasteiger partial charge in [-0.1, -0.05) is 55.4 Å². The molecule has 10 aromatic heterocycles. The Morgan fingerprint density at radius 3 is 0.946 bits per heavy atom. The van der Waals surface area contributed by atoms with Crippen molar-refractivity contribution in [3.05, 3.63) is 268 Å². The van der Waals surface area contributed by atoms with E-state index in [4.69, 9.17) is 4.98 Å². The number of aliphatic hydroxyl groups is 1. The second kappa shape index (κ2) is 41.6. The van der Waals surface area contributed by atoms with E-state index in [0.29, 0.717) is 159 Å². The van der Waals surface area contributed by atoms with Crippen molar-refractivity contribution in [2.45, 2.75) is 196 Å². The minimum atomic E-state index is -1.08. The van der Waals surface area contributed by atoms with E-state index in [1.165, 1.54) is 60.9 Å². The third kappa shape index (κ3) is 22.6. The van der Waals surface area contributed by atoms with Crippen LogP contribution in [0.15, 0.2) is 187 Å². The molecule has 2 N–H and O–H groups in total. The number of carbonyl (C=O) groups excluding carboxylic acids is 8. The summed E-state index contributed by atoms with van der Waals surface area (Å²) in [5.74, 6) is -2.03. The van der Waals surface area contributed by atoms with Crippen molar-refractivity contribution in [1.82, 2.24) is 118 Å². The molecule has 0 aliphatic carbocycles. The number of amides is 8. The highest BCUT2D eigenvalue weighted by molar-refractivity contribution is 6.22. The van der Waals surface area contributed by atoms with Crippen molar-refractivity contribution in [3.63, 3.8) is 0 Å². The highest BCUT2D eigenvalue weighted by Crippen LogP contribution is 2.37. The molecule has 766 valence electrons. The molecule has 14 aromatic rings. The maximum atomic E-state index is 13.7. The number of halogens is 4. The molecule has 34 nitrogen and oxygen atoms in total. The predicted molar refractivity (Wildman–Crippen MR) is 548 cm³/mol. The minimum absolute atomic E-state index is 0.0312. The fourth-order valence-electron chi connectivity index (χ4n) is 19.3. The van der Waals surface area contributed by atoms with E-state index >= 15 is 0 Å². The van der Waals surface area contributed by atoms with Gasteiger partial charge in [-0.15, -0.1) is 0 Å². The number of carbonyl (C=O) groups is 8. The van der Waals surface area contributed by atoms with Gasteiger partial charge in [0.2, 0.25) is 5.91 Å². The highest BCUT2D eigenvalue weighted by Gasteiger charge is 2.46. The number of imidazole rings is 4. The number of hydrogen-bond donors (Lipinski definition) is 2. The van der Waals surface area contributed by atoms with Gasteiger partial charge >= 0.3 is 0 Å². The topological polar surface area (TPSA) is 370 Å². The summed E-state index contributed by atoms with van der Waals surface area (Å²) >= 11 is 0. The third-order valence-corrected chi connectivity index (χ3v) is 27.1. The Balaban J connectivity index is 0.000000140. The summed E-state index contributed by atoms with van der Waals surface area (Å²) in [5, 5.41) is 43.1. The highest BCUT2D eigenvalue weighted by atomic mass is 19.1. The molecule has 147 heavy (non-hydrogen) atoms. The summed E-state index contributed by atoms with van der Waals surface area (Å²) in [6.07, 6.45) is 11.4. The molecule has 38 heteroatoms. The summed E-state index contributed by atoms with van der Waals surface area (Å²) in [7, 11) is 0. The lowest BCUT2D eigenvalue weighted by Gasteiger charge is -2.47. The lowest BCUT2D eigenvalue weighted by Crippen LogP contribution is -2.62. The maximum absolute atomic E-state index is 13.7. The number of fused-ring (bicyclic) bond motifs is 4. The first-order chi connectivity index (χ1) is 69.5. The summed E-state index contributed by atoms with van der Waals surface area (Å²) < 4.78 is 60.3. The second-order valence-electron chi connectivity index (χ2n) is 42.3. The summed E-state index contributed by atoms with van der Waals surface area (Å²) in [6, 6.07) is 35.8. The first-order valence-electron chi connectivity index (χ1n) is 49.3. The van der Waals surface area contributed by atoms with Crippen LogP contribution in [0.3, 0.4) is 0 Å². The van der Waals surface area contributed by atoms with Crippen LogP contribution in [-0.4, -0.2) is 289 Å². The van der Waals surface area contributed by atoms with Crippen LogP contribution in [0.5, 0.6) is 0 Å². The predicted octanol–water partition coefficient (Wildman–Crippen LogP) is 15.9. The van der Waals surface area contributed by atoms with Gasteiger partial charge in [-0.25, -0.2) is 55.6 Å². The number of benzene rings is 4. The number of nitrogens with one attached hydrogen (secondary N) is 1. The molecule has 19 rings (SSSR count). The Bertz CT molecular complexity index is 7440. The van der Waals surface area contributed by atoms with Crippen LogP contribution in [0, 0.1) is 30.2 Å². The van der Waals surface area contributed by atoms with Gasteiger partial charge < -0.3 is 44.3 Å². The first kappa shape index (κ1) is 104. The van der Waals surface area contributed by atoms with Gasteiger partial charge in [0.1, 0.15) is 51.7 Å². The normalized spacial score (nSPS) is 16.1. The molecule has 0 spiro atoms. The molecule has 5 aliphatic rings. The van der Waals surface area contributed by atoms with E-state index in [2.05, 4.69) is 102 Å². The largest absolute Gasteiger partial charge is 0.390 e. The average Bonchev–Trinajstić information content (AvgIpc) is 1.65. The van der Waals surface area contributed by atoms with E-state index in [9.17, 15) is 61.0 Å². The Morgan fingerprint density at radius 1 is 0.381 bits per heavy atom. The SMILES string of the molecule is CC(C)c1cc(-c2ccc(F)cc2)nn2cc(C(=O)N3CCN(C(=O)CC(C)(C)O)CC3(C)C)nc12.CC(C)c1cc(-c2ccc(F)cc2)nn2cc(C(=O)N3CCN(C(=O)c4ccnnc4)CC3(C)C)nc12.CC1=NCC=C1C(=O)N1CCN(C(=O)c2cn3nc(-c4ccc(F)cc4)cc(C(C)C)c3n2)C(C)(C)C1.Cc1cc(C(=O)N2CCN(C(=O)c3cn4nc(-c5ccc(F)cc5)cc(C(C)C)c4n3)C(C)(C)C2)n[nH]1. The van der Waals surface area contributed by atoms with Gasteiger partial charge in [-0.05, 0) is 246 Å². The van der Waals surface area contributed by atoms with Gasteiger partial charge in [0.25, 0.3) is 41.4 Å². The molecule has 4 fully saturated rings. The zero-order chi connectivity index (χ0) is 106. The fourth-order valence-corrected chi connectivity index (χ4v) is 19.3. The fraction of sp³-hybridized carbons (Fsp3) is 0.394. The lowest BCUT2D eigenvalue weighted by atomic mass is 9.96. The Kier molecular flexibility index (Phi) is 29.5. The molecule has 0 radical (unpaired) electrons. The van der Waals surface area contributed by atoms with E-state index in [0.717, 1.165) is 55.9 Å². The van der Waals surface area contributed by atoms with Crippen LogP contribution in [0.25, 0.3) is 67.6 Å². The molecular formula is C109H123F4N25O9. The number of aromatic nitrogens is 16. The number of H-pyrrole nitrogens is 1. The number of aliphatic imine (C=N–C) groups is 1. The number of nitrogens with zero attached hydrogens (tertiary/aromatic N) is 24. The van der Waals surface area contributed by atoms with Crippen molar-refractivity contribution in [2.75, 3.05) is 85.1 Å². The van der Waals surface area contributed by atoms with Crippen molar-refractivity contribution >= 4 is 75.6 Å². The maximum Gasteiger partial charge on any atom is 0.274 e. The van der Waals surface area contributed by atoms with Gasteiger partial charge in [0, 0.05) is 134 Å². The molecule has 0 saturated carbocycles. The van der Waals surface area contributed by atoms with Crippen molar-refractivity contribution in [1.29, 1.82) is 0 Å². The molecule has 5 aliphatic heterocycles. The third-order valence-electron chi connectivity index (χ3n) is 27.1. The molecule has 15 heterocycles. The monoisotopic (exact) mass is 2000 g/mol. The van der Waals surface area contributed by atoms with E-state index in [1.807, 2.05) is 113 Å². The number of aromatic amines is 1. The molecule has 0 bridgehead atoms. The van der Waals surface area contributed by atoms with Crippen LogP contribution in [0.1, 0.15) is 252 Å². The number of hydrogen-bond acceptors (Lipinski definition) is 21. The van der Waals surface area contributed by atoms with Crippen molar-refractivity contribution in [2.24, 2.45) is 4.99 Å². The van der Waals surface area contributed by atoms with E-state index in [1.54, 1.807) is 157 Å². The average molecular weight is 2000 g/mol. The smallest absolute Gasteiger partial charge is 0.274 e. The Morgan fingerprint density at radius 2 is 0.680 bits per heavy atom. The van der Waals surface area contributed by atoms with E-state index < -0.39 is 27.8 Å². The second-order valence-corrected chi connectivity index (χ2v) is 42.3. The van der Waals surface area contributed by atoms with Crippen LogP contribution in [0.2, 0.25) is 0 Å². The quantitative estimate of drug-likeness (QED) is 0.0800. The van der Waals surface area contributed by atoms with Gasteiger partial charge in [0.15, 0.2) is 22.6 Å². The zero-order valence-electron chi connectivity index (χ0n) is 86.4. The summed E-state index contributed by atoms with van der Waals surface area (Å²) in [6.45, 7) is 44.1. The van der Waals surface area contributed by atoms with Crippen LogP contribution in [0.4, 0.5) is 17.6 Å². The standard InChI is InChI=1S/C28H31FN6O2.C27H30FN7O2.C27H28FN7O2.C27H34FN5O3/c1-17(2)22-14-23(19-6-8-20(29)9-7-19)32-35-15-24(31-25(22)35)27(37)34-13-12-33(16-28(34,4)5)26(36)21-10-11-30-18(21)3;1-16(2)20-13-21(18-6-8-19(28)9-7-18)32-35-14-23(29-24(20)35)26(37)34-11-10-33(15-27(34,4)5)25(36)22-12-17(3)30-31-22;1-17(2)21-13-22(18-5-7-20(28)8-6-18)32-35-15-23(31-24(21)35)26(37)34-12-11-33(16-27(34,3)4)25(36)19-9-10-29-30-14-19;1-17(2)20-13-21(18-7-9-19(28)10-8-18)30-33-15-22(29-24(20)33)25(35)32-12-11-31(16-26(32,3)4)23(34)14-27(5,6)36/h6-10,14-15,17H,11-13,16H2,1-5H3;6-9,12-14,16H,10-11,15H2,1-5H3,(H,30,31);5-10,13-15,17H,11-12,16H2,1-4H3;7-10,13,15,17,36H,11-12,14,16H2,1-6H3. The molecule has 0 unspecified atom stereocenters. The number of rotatable bonds is 17. The van der Waals surface area contributed by atoms with Gasteiger partial charge in [0.05, 0.1) is 112 Å². The van der Waals surface area contributed by atoms with Crippen molar-refractivity contribution in [3.8, 4) is 45.0 Å². The molecule has 4 aromatic carbocycles. The van der Waals surface area contributed by atoms with Gasteiger partial charge in [-0.3, -0.25) is 48.4 Å². The summed E-state index contributed by atoms with van der Waals surface area (Å²) in [5.41, 5.74) is 12.8. The summed E-state index contributed by atoms with van der Waals surface area (Å²) in [4.78, 5) is 143. The molecule has 8 amide bonds. The van der Waals surface area contributed by atoms with Crippen LogP contribution in [-0.2, 0) is 9.59 Å². The Labute approximate surface area is 849 Å². The first-order valence-corrected chi connectivity index (χ1v) is 49.3. The molecule has 0 atom stereocenters. The van der Waals surface area contributed by atoms with Crippen molar-refractivity contribution < 1.29 is 61.0 Å². The van der Waals surface area contributed by atoms with E-state index in [-0.39, 0.29) is 112 Å². The number of piperazine rings is 4. The Hall–Kier alpha value is -15.5. The number of aryl methyl sites for hydroxylation is 1. The lowest BCUT2D eigenvalue weighted by molar-refractivity contribution is -0.139. The molecule has 4 saturated heterocycles. The zero-order valence-corrected chi connectivity index (χ0v) is 86.4. The van der Waals surface area contributed by atoms with Crippen LogP contribution >= 0.6 is 0 Å². The minimum Gasteiger partial charge on any atom is -0.390 e. The van der Waals surface area contributed by atoms with Crippen LogP contribution < -0.4 is 0 Å². The van der Waals surface area contributed by atoms with Gasteiger partial charge in [-0.2, -0.15) is 35.7 Å².